The highest BCUT2D eigenvalue weighted by atomic mass is 16.5. The molecule has 114 valence electrons. The van der Waals surface area contributed by atoms with Crippen LogP contribution in [0.2, 0.25) is 0 Å². The summed E-state index contributed by atoms with van der Waals surface area (Å²) in [4.78, 5) is 6.62. The number of nitrogens with one attached hydrogen (secondary N) is 1. The predicted molar refractivity (Wildman–Crippen MR) is 85.0 cm³/mol. The first-order valence-corrected chi connectivity index (χ1v) is 7.45. The van der Waals surface area contributed by atoms with Crippen LogP contribution in [-0.2, 0) is 11.3 Å². The number of hydrogen-bond acceptors (Lipinski definition) is 6. The molecular formula is C16H18N4O2. The average Bonchev–Trinajstić information content (AvgIpc) is 2.71. The summed E-state index contributed by atoms with van der Waals surface area (Å²) in [5, 5.41) is 15.0. The Labute approximate surface area is 128 Å². The Kier molecular flexibility index (Phi) is 3.32. The summed E-state index contributed by atoms with van der Waals surface area (Å²) in [6.07, 6.45) is 1.75. The van der Waals surface area contributed by atoms with E-state index < -0.39 is 0 Å². The quantitative estimate of drug-likeness (QED) is 0.843. The second kappa shape index (κ2) is 5.47. The molecule has 1 aromatic carbocycles. The standard InChI is InChI=1S/C16H18N4O2/c21-20-11-12-2-1-5-17-16(12)18-14-4-3-13(10-15(14)20)19-6-8-22-9-7-19/h1-5,10,21H,6-9,11H2,(H,17,18). The Morgan fingerprint density at radius 1 is 1.18 bits per heavy atom. The number of morpholine rings is 1. The fourth-order valence-electron chi connectivity index (χ4n) is 2.91. The second-order valence-corrected chi connectivity index (χ2v) is 5.49. The lowest BCUT2D eigenvalue weighted by atomic mass is 10.2. The van der Waals surface area contributed by atoms with Gasteiger partial charge in [-0.2, -0.15) is 0 Å². The number of hydrogen-bond donors (Lipinski definition) is 2. The minimum absolute atomic E-state index is 0.412. The number of anilines is 4. The zero-order valence-corrected chi connectivity index (χ0v) is 12.2. The molecule has 2 aliphatic rings. The molecule has 1 saturated heterocycles. The third kappa shape index (κ3) is 2.36. The Bertz CT molecular complexity index is 686. The van der Waals surface area contributed by atoms with E-state index >= 15 is 0 Å². The largest absolute Gasteiger partial charge is 0.378 e. The maximum atomic E-state index is 10.4. The number of benzene rings is 1. The topological polar surface area (TPSA) is 60.9 Å². The van der Waals surface area contributed by atoms with Gasteiger partial charge in [0.05, 0.1) is 31.1 Å². The molecular weight excluding hydrogens is 280 g/mol. The number of aromatic nitrogens is 1. The van der Waals surface area contributed by atoms with Gasteiger partial charge in [0.15, 0.2) is 0 Å². The van der Waals surface area contributed by atoms with E-state index in [2.05, 4.69) is 21.3 Å². The van der Waals surface area contributed by atoms with Crippen LogP contribution < -0.4 is 15.3 Å². The van der Waals surface area contributed by atoms with Gasteiger partial charge in [-0.3, -0.25) is 10.3 Å². The van der Waals surface area contributed by atoms with Crippen molar-refractivity contribution in [2.45, 2.75) is 6.54 Å². The van der Waals surface area contributed by atoms with Gasteiger partial charge in [0.2, 0.25) is 0 Å². The van der Waals surface area contributed by atoms with Gasteiger partial charge in [-0.1, -0.05) is 6.07 Å². The summed E-state index contributed by atoms with van der Waals surface area (Å²) in [6, 6.07) is 9.92. The van der Waals surface area contributed by atoms with Crippen molar-refractivity contribution in [3.05, 3.63) is 42.1 Å². The summed E-state index contributed by atoms with van der Waals surface area (Å²) >= 11 is 0. The molecule has 6 nitrogen and oxygen atoms in total. The third-order valence-corrected chi connectivity index (χ3v) is 4.10. The van der Waals surface area contributed by atoms with Crippen molar-refractivity contribution in [1.82, 2.24) is 4.98 Å². The van der Waals surface area contributed by atoms with Crippen LogP contribution >= 0.6 is 0 Å². The summed E-state index contributed by atoms with van der Waals surface area (Å²) in [6.45, 7) is 3.65. The monoisotopic (exact) mass is 298 g/mol. The molecule has 4 rings (SSSR count). The van der Waals surface area contributed by atoms with Crippen LogP contribution in [0.5, 0.6) is 0 Å². The zero-order valence-electron chi connectivity index (χ0n) is 12.2. The highest BCUT2D eigenvalue weighted by Crippen LogP contribution is 2.36. The molecule has 2 N–H and O–H groups in total. The normalized spacial score (nSPS) is 17.3. The Hall–Kier alpha value is -2.31. The van der Waals surface area contributed by atoms with E-state index in [1.807, 2.05) is 24.3 Å². The first-order chi connectivity index (χ1) is 10.8. The third-order valence-electron chi connectivity index (χ3n) is 4.10. The molecule has 0 radical (unpaired) electrons. The highest BCUT2D eigenvalue weighted by molar-refractivity contribution is 5.80. The molecule has 0 spiro atoms. The summed E-state index contributed by atoms with van der Waals surface area (Å²) in [5.41, 5.74) is 3.69. The molecule has 22 heavy (non-hydrogen) atoms. The van der Waals surface area contributed by atoms with Gasteiger partial charge in [-0.15, -0.1) is 0 Å². The van der Waals surface area contributed by atoms with Gasteiger partial charge in [-0.05, 0) is 24.3 Å². The molecule has 0 bridgehead atoms. The lowest BCUT2D eigenvalue weighted by Gasteiger charge is -2.30. The average molecular weight is 298 g/mol. The number of fused-ring (bicyclic) bond motifs is 2. The number of ether oxygens (including phenoxy) is 1. The van der Waals surface area contributed by atoms with E-state index in [0.29, 0.717) is 6.54 Å². The second-order valence-electron chi connectivity index (χ2n) is 5.49. The number of nitrogens with zero attached hydrogens (tertiary/aromatic N) is 3. The van der Waals surface area contributed by atoms with Crippen molar-refractivity contribution in [2.75, 3.05) is 41.6 Å². The van der Waals surface area contributed by atoms with Gasteiger partial charge >= 0.3 is 0 Å². The van der Waals surface area contributed by atoms with Crippen LogP contribution in [0.15, 0.2) is 36.5 Å². The van der Waals surface area contributed by atoms with Crippen LogP contribution in [0, 0.1) is 0 Å². The smallest absolute Gasteiger partial charge is 0.135 e. The molecule has 0 unspecified atom stereocenters. The molecule has 0 saturated carbocycles. The van der Waals surface area contributed by atoms with Crippen molar-refractivity contribution in [3.8, 4) is 0 Å². The van der Waals surface area contributed by atoms with Crippen molar-refractivity contribution in [3.63, 3.8) is 0 Å². The SMILES string of the molecule is ON1Cc2cccnc2Nc2ccc(N3CCOCC3)cc21. The van der Waals surface area contributed by atoms with E-state index in [0.717, 1.165) is 54.7 Å². The van der Waals surface area contributed by atoms with E-state index in [4.69, 9.17) is 4.74 Å². The van der Waals surface area contributed by atoms with Crippen molar-refractivity contribution < 1.29 is 9.94 Å². The molecule has 6 heteroatoms. The lowest BCUT2D eigenvalue weighted by Crippen LogP contribution is -2.36. The number of rotatable bonds is 1. The summed E-state index contributed by atoms with van der Waals surface area (Å²) in [5.74, 6) is 0.791. The van der Waals surface area contributed by atoms with E-state index in [9.17, 15) is 5.21 Å². The fraction of sp³-hybridized carbons (Fsp3) is 0.312. The minimum atomic E-state index is 0.412. The molecule has 2 aliphatic heterocycles. The molecule has 3 heterocycles. The van der Waals surface area contributed by atoms with Crippen molar-refractivity contribution in [1.29, 1.82) is 0 Å². The van der Waals surface area contributed by atoms with E-state index in [1.165, 1.54) is 5.06 Å². The fourth-order valence-corrected chi connectivity index (χ4v) is 2.91. The minimum Gasteiger partial charge on any atom is -0.378 e. The molecule has 2 aromatic rings. The number of pyridine rings is 1. The maximum Gasteiger partial charge on any atom is 0.135 e. The Morgan fingerprint density at radius 2 is 2.05 bits per heavy atom. The van der Waals surface area contributed by atoms with E-state index in [1.54, 1.807) is 6.20 Å². The zero-order chi connectivity index (χ0) is 14.9. The maximum absolute atomic E-state index is 10.4. The van der Waals surface area contributed by atoms with Crippen LogP contribution in [0.1, 0.15) is 5.56 Å². The number of hydroxylamine groups is 1. The molecule has 1 aromatic heterocycles. The predicted octanol–water partition coefficient (Wildman–Crippen LogP) is 2.37. The van der Waals surface area contributed by atoms with Gasteiger partial charge in [0.1, 0.15) is 5.82 Å². The highest BCUT2D eigenvalue weighted by Gasteiger charge is 2.20. The van der Waals surface area contributed by atoms with Gasteiger partial charge < -0.3 is 15.0 Å². The molecule has 0 atom stereocenters. The summed E-state index contributed by atoms with van der Waals surface area (Å²) < 4.78 is 5.40. The molecule has 0 aliphatic carbocycles. The Morgan fingerprint density at radius 3 is 2.91 bits per heavy atom. The Balaban J connectivity index is 1.70. The van der Waals surface area contributed by atoms with Crippen LogP contribution in [0.3, 0.4) is 0 Å². The van der Waals surface area contributed by atoms with Crippen molar-refractivity contribution >= 4 is 22.9 Å². The van der Waals surface area contributed by atoms with Gasteiger partial charge in [0.25, 0.3) is 0 Å². The van der Waals surface area contributed by atoms with Crippen molar-refractivity contribution in [2.24, 2.45) is 0 Å². The van der Waals surface area contributed by atoms with Crippen LogP contribution in [0.25, 0.3) is 0 Å². The summed E-state index contributed by atoms with van der Waals surface area (Å²) in [7, 11) is 0. The van der Waals surface area contributed by atoms with E-state index in [-0.39, 0.29) is 0 Å². The first-order valence-electron chi connectivity index (χ1n) is 7.45. The first kappa shape index (κ1) is 13.4. The lowest BCUT2D eigenvalue weighted by molar-refractivity contribution is 0.122. The van der Waals surface area contributed by atoms with Crippen LogP contribution in [-0.4, -0.2) is 36.5 Å². The molecule has 0 amide bonds. The molecule has 1 fully saturated rings. The van der Waals surface area contributed by atoms with Gasteiger partial charge in [0, 0.05) is 30.5 Å². The van der Waals surface area contributed by atoms with Gasteiger partial charge in [-0.25, -0.2) is 4.98 Å². The van der Waals surface area contributed by atoms with Crippen LogP contribution in [0.4, 0.5) is 22.9 Å².